The summed E-state index contributed by atoms with van der Waals surface area (Å²) in [5.41, 5.74) is 2.55. The Balaban J connectivity index is 1.20. The van der Waals surface area contributed by atoms with Crippen molar-refractivity contribution in [2.45, 2.75) is 38.6 Å². The Kier molecular flexibility index (Phi) is 7.27. The number of anilines is 1. The second-order valence-corrected chi connectivity index (χ2v) is 9.00. The average molecular weight is 449 g/mol. The molecule has 0 radical (unpaired) electrons. The van der Waals surface area contributed by atoms with Crippen LogP contribution in [0.1, 0.15) is 41.6 Å². The second-order valence-electron chi connectivity index (χ2n) is 9.00. The van der Waals surface area contributed by atoms with E-state index >= 15 is 0 Å². The molecule has 0 bridgehead atoms. The molecule has 0 saturated carbocycles. The van der Waals surface area contributed by atoms with E-state index < -0.39 is 0 Å². The molecular weight excluding hydrogens is 416 g/mol. The van der Waals surface area contributed by atoms with Gasteiger partial charge in [-0.15, -0.1) is 0 Å². The number of nitrogens with zero attached hydrogens (tertiary/aromatic N) is 2. The molecule has 2 saturated heterocycles. The van der Waals surface area contributed by atoms with Gasteiger partial charge in [-0.05, 0) is 62.4 Å². The van der Waals surface area contributed by atoms with E-state index in [2.05, 4.69) is 10.6 Å². The summed E-state index contributed by atoms with van der Waals surface area (Å²) in [4.78, 5) is 41.7. The molecule has 33 heavy (non-hydrogen) atoms. The van der Waals surface area contributed by atoms with E-state index in [1.165, 1.54) is 0 Å². The Bertz CT molecular complexity index is 978. The number of carbonyl (C=O) groups excluding carboxylic acids is 3. The fraction of sp³-hybridized carbons (Fsp3) is 0.423. The van der Waals surface area contributed by atoms with Crippen molar-refractivity contribution >= 4 is 23.5 Å². The van der Waals surface area contributed by atoms with Crippen molar-refractivity contribution < 1.29 is 14.4 Å². The monoisotopic (exact) mass is 448 g/mol. The minimum Gasteiger partial charge on any atom is -0.349 e. The Morgan fingerprint density at radius 2 is 1.48 bits per heavy atom. The molecule has 7 heteroatoms. The Morgan fingerprint density at radius 1 is 0.818 bits per heavy atom. The predicted octanol–water partition coefficient (Wildman–Crippen LogP) is 3.66. The zero-order valence-electron chi connectivity index (χ0n) is 19.1. The molecule has 2 aromatic rings. The lowest BCUT2D eigenvalue weighted by molar-refractivity contribution is -0.138. The highest BCUT2D eigenvalue weighted by molar-refractivity contribution is 5.94. The van der Waals surface area contributed by atoms with E-state index in [0.717, 1.165) is 24.1 Å². The lowest BCUT2D eigenvalue weighted by Gasteiger charge is -2.37. The highest BCUT2D eigenvalue weighted by Crippen LogP contribution is 2.23. The van der Waals surface area contributed by atoms with Crippen LogP contribution in [-0.2, 0) is 4.79 Å². The number of benzene rings is 2. The number of nitrogens with one attached hydrogen (secondary N) is 2. The topological polar surface area (TPSA) is 81.8 Å². The third kappa shape index (κ3) is 5.92. The van der Waals surface area contributed by atoms with Crippen molar-refractivity contribution in [3.05, 3.63) is 65.7 Å². The summed E-state index contributed by atoms with van der Waals surface area (Å²) < 4.78 is 0. The molecule has 2 aliphatic rings. The number of urea groups is 1. The standard InChI is InChI=1S/C26H32N4O3/c1-19-6-5-9-23(18-19)28-26(33)30-14-10-21(11-15-30)25(32)29-16-12-22(13-17-29)27-24(31)20-7-3-2-4-8-20/h2-9,18,21-22H,10-17H2,1H3,(H,27,31)(H,28,33). The highest BCUT2D eigenvalue weighted by atomic mass is 16.2. The quantitative estimate of drug-likeness (QED) is 0.749. The van der Waals surface area contributed by atoms with Crippen LogP contribution >= 0.6 is 0 Å². The van der Waals surface area contributed by atoms with Gasteiger partial charge in [0.25, 0.3) is 5.91 Å². The lowest BCUT2D eigenvalue weighted by Crippen LogP contribution is -2.50. The zero-order valence-corrected chi connectivity index (χ0v) is 19.1. The van der Waals surface area contributed by atoms with Gasteiger partial charge >= 0.3 is 6.03 Å². The van der Waals surface area contributed by atoms with Gasteiger partial charge in [-0.3, -0.25) is 9.59 Å². The Hall–Kier alpha value is -3.35. The van der Waals surface area contributed by atoms with Gasteiger partial charge in [-0.1, -0.05) is 30.3 Å². The second kappa shape index (κ2) is 10.5. The normalized spacial score (nSPS) is 17.5. The first-order valence-corrected chi connectivity index (χ1v) is 11.8. The average Bonchev–Trinajstić information content (AvgIpc) is 2.85. The molecule has 4 rings (SSSR count). The molecule has 174 valence electrons. The third-order valence-electron chi connectivity index (χ3n) is 6.58. The van der Waals surface area contributed by atoms with Crippen molar-refractivity contribution in [3.8, 4) is 0 Å². The number of rotatable bonds is 4. The van der Waals surface area contributed by atoms with Gasteiger partial charge in [0.1, 0.15) is 0 Å². The maximum Gasteiger partial charge on any atom is 0.321 e. The number of amides is 4. The van der Waals surface area contributed by atoms with Crippen molar-refractivity contribution in [3.63, 3.8) is 0 Å². The molecular formula is C26H32N4O3. The van der Waals surface area contributed by atoms with Gasteiger partial charge in [-0.25, -0.2) is 4.79 Å². The van der Waals surface area contributed by atoms with Gasteiger partial charge in [-0.2, -0.15) is 0 Å². The first kappa shape index (κ1) is 22.8. The molecule has 4 amide bonds. The maximum atomic E-state index is 13.0. The van der Waals surface area contributed by atoms with E-state index in [1.807, 2.05) is 66.4 Å². The first-order chi connectivity index (χ1) is 16.0. The van der Waals surface area contributed by atoms with Crippen LogP contribution in [0.5, 0.6) is 0 Å². The van der Waals surface area contributed by atoms with Crippen molar-refractivity contribution in [2.24, 2.45) is 5.92 Å². The van der Waals surface area contributed by atoms with E-state index in [4.69, 9.17) is 0 Å². The number of hydrogen-bond donors (Lipinski definition) is 2. The molecule has 2 fully saturated rings. The molecule has 2 aromatic carbocycles. The van der Waals surface area contributed by atoms with Crippen molar-refractivity contribution in [2.75, 3.05) is 31.5 Å². The van der Waals surface area contributed by atoms with Crippen LogP contribution in [0.4, 0.5) is 10.5 Å². The largest absolute Gasteiger partial charge is 0.349 e. The van der Waals surface area contributed by atoms with Crippen molar-refractivity contribution in [1.29, 1.82) is 0 Å². The summed E-state index contributed by atoms with van der Waals surface area (Å²) in [6.45, 7) is 4.47. The van der Waals surface area contributed by atoms with Gasteiger partial charge in [0.05, 0.1) is 0 Å². The SMILES string of the molecule is Cc1cccc(NC(=O)N2CCC(C(=O)N3CCC(NC(=O)c4ccccc4)CC3)CC2)c1. The van der Waals surface area contributed by atoms with E-state index in [-0.39, 0.29) is 29.8 Å². The molecule has 2 N–H and O–H groups in total. The number of likely N-dealkylation sites (tertiary alicyclic amines) is 2. The van der Waals surface area contributed by atoms with Crippen LogP contribution < -0.4 is 10.6 Å². The van der Waals surface area contributed by atoms with Crippen LogP contribution in [-0.4, -0.2) is 59.9 Å². The van der Waals surface area contributed by atoms with Gasteiger partial charge in [0.2, 0.25) is 5.91 Å². The predicted molar refractivity (Wildman–Crippen MR) is 128 cm³/mol. The van der Waals surface area contributed by atoms with Crippen LogP contribution in [0.15, 0.2) is 54.6 Å². The maximum absolute atomic E-state index is 13.0. The van der Waals surface area contributed by atoms with Gasteiger partial charge < -0.3 is 20.4 Å². The Morgan fingerprint density at radius 3 is 2.15 bits per heavy atom. The number of aryl methyl sites for hydroxylation is 1. The molecule has 0 spiro atoms. The first-order valence-electron chi connectivity index (χ1n) is 11.8. The summed E-state index contributed by atoms with van der Waals surface area (Å²) in [6, 6.07) is 16.9. The fourth-order valence-electron chi connectivity index (χ4n) is 4.62. The van der Waals surface area contributed by atoms with Crippen LogP contribution in [0.2, 0.25) is 0 Å². The number of piperidine rings is 2. The molecule has 0 atom stereocenters. The van der Waals surface area contributed by atoms with Crippen molar-refractivity contribution in [1.82, 2.24) is 15.1 Å². The summed E-state index contributed by atoms with van der Waals surface area (Å²) in [5.74, 6) is 0.0850. The summed E-state index contributed by atoms with van der Waals surface area (Å²) in [6.07, 6.45) is 2.90. The van der Waals surface area contributed by atoms with Gasteiger partial charge in [0, 0.05) is 49.4 Å². The summed E-state index contributed by atoms with van der Waals surface area (Å²) in [7, 11) is 0. The number of carbonyl (C=O) groups is 3. The minimum atomic E-state index is -0.110. The highest BCUT2D eigenvalue weighted by Gasteiger charge is 2.32. The molecule has 0 unspecified atom stereocenters. The van der Waals surface area contributed by atoms with Crippen LogP contribution in [0.3, 0.4) is 0 Å². The number of hydrogen-bond acceptors (Lipinski definition) is 3. The smallest absolute Gasteiger partial charge is 0.321 e. The fourth-order valence-corrected chi connectivity index (χ4v) is 4.62. The molecule has 0 aromatic heterocycles. The van der Waals surface area contributed by atoms with Crippen LogP contribution in [0.25, 0.3) is 0 Å². The zero-order chi connectivity index (χ0) is 23.2. The van der Waals surface area contributed by atoms with E-state index in [0.29, 0.717) is 44.6 Å². The summed E-state index contributed by atoms with van der Waals surface area (Å²) >= 11 is 0. The Labute approximate surface area is 195 Å². The van der Waals surface area contributed by atoms with E-state index in [1.54, 1.807) is 4.90 Å². The molecule has 2 aliphatic heterocycles. The van der Waals surface area contributed by atoms with Crippen LogP contribution in [0, 0.1) is 12.8 Å². The molecule has 2 heterocycles. The van der Waals surface area contributed by atoms with Gasteiger partial charge in [0.15, 0.2) is 0 Å². The third-order valence-corrected chi connectivity index (χ3v) is 6.58. The molecule has 7 nitrogen and oxygen atoms in total. The lowest BCUT2D eigenvalue weighted by atomic mass is 9.94. The summed E-state index contributed by atoms with van der Waals surface area (Å²) in [5, 5.41) is 6.04. The minimum absolute atomic E-state index is 0.0384. The molecule has 0 aliphatic carbocycles. The van der Waals surface area contributed by atoms with E-state index in [9.17, 15) is 14.4 Å².